The molecular weight excluding hydrogens is 254 g/mol. The Morgan fingerprint density at radius 1 is 1.30 bits per heavy atom. The number of benzene rings is 1. The summed E-state index contributed by atoms with van der Waals surface area (Å²) >= 11 is 0. The third kappa shape index (κ3) is 3.03. The van der Waals surface area contributed by atoms with Crippen molar-refractivity contribution in [3.8, 4) is 0 Å². The third-order valence-corrected chi connectivity index (χ3v) is 3.45. The van der Waals surface area contributed by atoms with E-state index in [9.17, 15) is 4.79 Å². The molecule has 20 heavy (non-hydrogen) atoms. The van der Waals surface area contributed by atoms with Crippen LogP contribution in [0.5, 0.6) is 0 Å². The number of hydrogen-bond donors (Lipinski definition) is 2. The maximum absolute atomic E-state index is 11.7. The van der Waals surface area contributed by atoms with Crippen LogP contribution in [-0.4, -0.2) is 33.8 Å². The van der Waals surface area contributed by atoms with Crippen LogP contribution in [0.3, 0.4) is 0 Å². The summed E-state index contributed by atoms with van der Waals surface area (Å²) in [5.74, 6) is 0.275. The van der Waals surface area contributed by atoms with E-state index in [1.807, 2.05) is 24.3 Å². The highest BCUT2D eigenvalue weighted by Crippen LogP contribution is 2.07. The predicted octanol–water partition coefficient (Wildman–Crippen LogP) is 0.162. The molecule has 1 amide bonds. The van der Waals surface area contributed by atoms with Crippen molar-refractivity contribution < 1.29 is 4.79 Å². The molecule has 0 aliphatic carbocycles. The summed E-state index contributed by atoms with van der Waals surface area (Å²) in [5.41, 5.74) is 2.27. The molecule has 1 fully saturated rings. The Balaban J connectivity index is 1.52. The van der Waals surface area contributed by atoms with Gasteiger partial charge in [-0.05, 0) is 11.1 Å². The molecule has 6 heteroatoms. The maximum Gasteiger partial charge on any atom is 0.225 e. The Morgan fingerprint density at radius 3 is 2.65 bits per heavy atom. The normalized spacial score (nSPS) is 14.8. The molecule has 1 aliphatic rings. The van der Waals surface area contributed by atoms with E-state index in [0.29, 0.717) is 13.1 Å². The van der Waals surface area contributed by atoms with E-state index in [-0.39, 0.29) is 11.8 Å². The molecule has 0 radical (unpaired) electrons. The van der Waals surface area contributed by atoms with Gasteiger partial charge in [0.25, 0.3) is 0 Å². The average molecular weight is 271 g/mol. The lowest BCUT2D eigenvalue weighted by molar-refractivity contribution is -0.126. The first-order chi connectivity index (χ1) is 9.81. The second kappa shape index (κ2) is 5.83. The highest BCUT2D eigenvalue weighted by Gasteiger charge is 2.24. The van der Waals surface area contributed by atoms with Crippen LogP contribution in [-0.2, 0) is 17.9 Å². The van der Waals surface area contributed by atoms with Crippen LogP contribution in [0.2, 0.25) is 0 Å². The topological polar surface area (TPSA) is 71.8 Å². The number of nitrogens with zero attached hydrogens (tertiary/aromatic N) is 3. The first kappa shape index (κ1) is 12.8. The SMILES string of the molecule is O=C(NCc1ccc(Cn2cncn2)cc1)C1CNC1. The Labute approximate surface area is 117 Å². The van der Waals surface area contributed by atoms with Crippen LogP contribution in [0.1, 0.15) is 11.1 Å². The van der Waals surface area contributed by atoms with Gasteiger partial charge in [0.05, 0.1) is 12.5 Å². The van der Waals surface area contributed by atoms with Gasteiger partial charge in [-0.25, -0.2) is 9.67 Å². The zero-order valence-corrected chi connectivity index (χ0v) is 11.1. The first-order valence-electron chi connectivity index (χ1n) is 6.70. The molecule has 6 nitrogen and oxygen atoms in total. The van der Waals surface area contributed by atoms with Crippen molar-refractivity contribution in [1.82, 2.24) is 25.4 Å². The third-order valence-electron chi connectivity index (χ3n) is 3.45. The summed E-state index contributed by atoms with van der Waals surface area (Å²) in [7, 11) is 0. The monoisotopic (exact) mass is 271 g/mol. The van der Waals surface area contributed by atoms with Crippen molar-refractivity contribution >= 4 is 5.91 Å². The molecule has 0 atom stereocenters. The van der Waals surface area contributed by atoms with Gasteiger partial charge in [0.15, 0.2) is 0 Å². The highest BCUT2D eigenvalue weighted by molar-refractivity contribution is 5.79. The van der Waals surface area contributed by atoms with Crippen molar-refractivity contribution in [2.45, 2.75) is 13.1 Å². The summed E-state index contributed by atoms with van der Waals surface area (Å²) < 4.78 is 1.78. The van der Waals surface area contributed by atoms with E-state index in [4.69, 9.17) is 0 Å². The standard InChI is InChI=1S/C14H17N5O/c20-14(13-6-15-7-13)17-5-11-1-3-12(4-2-11)8-19-10-16-9-18-19/h1-4,9-10,13,15H,5-8H2,(H,17,20). The van der Waals surface area contributed by atoms with Crippen molar-refractivity contribution in [3.05, 3.63) is 48.0 Å². The van der Waals surface area contributed by atoms with Gasteiger partial charge in [-0.2, -0.15) is 5.10 Å². The van der Waals surface area contributed by atoms with E-state index in [0.717, 1.165) is 24.2 Å². The van der Waals surface area contributed by atoms with E-state index in [2.05, 4.69) is 20.7 Å². The number of hydrogen-bond acceptors (Lipinski definition) is 4. The van der Waals surface area contributed by atoms with E-state index >= 15 is 0 Å². The van der Waals surface area contributed by atoms with Crippen molar-refractivity contribution in [3.63, 3.8) is 0 Å². The Morgan fingerprint density at radius 2 is 2.05 bits per heavy atom. The van der Waals surface area contributed by atoms with Crippen molar-refractivity contribution in [1.29, 1.82) is 0 Å². The van der Waals surface area contributed by atoms with E-state index in [1.165, 1.54) is 6.33 Å². The molecule has 2 N–H and O–H groups in total. The van der Waals surface area contributed by atoms with E-state index in [1.54, 1.807) is 11.0 Å². The fraction of sp³-hybridized carbons (Fsp3) is 0.357. The van der Waals surface area contributed by atoms with Crippen LogP contribution >= 0.6 is 0 Å². The molecule has 1 aromatic heterocycles. The number of aromatic nitrogens is 3. The second-order valence-corrected chi connectivity index (χ2v) is 4.98. The minimum absolute atomic E-state index is 0.135. The molecule has 104 valence electrons. The molecule has 0 bridgehead atoms. The minimum Gasteiger partial charge on any atom is -0.352 e. The summed E-state index contributed by atoms with van der Waals surface area (Å²) in [6.45, 7) is 2.88. The van der Waals surface area contributed by atoms with Crippen molar-refractivity contribution in [2.24, 2.45) is 5.92 Å². The Hall–Kier alpha value is -2.21. The van der Waals surface area contributed by atoms with Crippen LogP contribution in [0.15, 0.2) is 36.9 Å². The molecule has 0 saturated carbocycles. The number of amides is 1. The van der Waals surface area contributed by atoms with Gasteiger partial charge in [-0.15, -0.1) is 0 Å². The fourth-order valence-electron chi connectivity index (χ4n) is 2.07. The summed E-state index contributed by atoms with van der Waals surface area (Å²) in [4.78, 5) is 15.6. The lowest BCUT2D eigenvalue weighted by Gasteiger charge is -2.25. The molecule has 0 spiro atoms. The quantitative estimate of drug-likeness (QED) is 0.812. The highest BCUT2D eigenvalue weighted by atomic mass is 16.2. The number of nitrogens with one attached hydrogen (secondary N) is 2. The van der Waals surface area contributed by atoms with Gasteiger partial charge < -0.3 is 10.6 Å². The molecule has 2 aromatic rings. The zero-order chi connectivity index (χ0) is 13.8. The number of carbonyl (C=O) groups excluding carboxylic acids is 1. The van der Waals surface area contributed by atoms with Crippen LogP contribution in [0.25, 0.3) is 0 Å². The Kier molecular flexibility index (Phi) is 3.73. The van der Waals surface area contributed by atoms with Gasteiger partial charge in [-0.3, -0.25) is 4.79 Å². The lowest BCUT2D eigenvalue weighted by atomic mass is 10.0. The van der Waals surface area contributed by atoms with Crippen LogP contribution in [0.4, 0.5) is 0 Å². The Bertz CT molecular complexity index is 560. The molecular formula is C14H17N5O. The average Bonchev–Trinajstić information content (AvgIpc) is 2.89. The van der Waals surface area contributed by atoms with Crippen LogP contribution in [0, 0.1) is 5.92 Å². The van der Waals surface area contributed by atoms with Crippen molar-refractivity contribution in [2.75, 3.05) is 13.1 Å². The smallest absolute Gasteiger partial charge is 0.225 e. The molecule has 3 rings (SSSR count). The summed E-state index contributed by atoms with van der Waals surface area (Å²) in [6.07, 6.45) is 3.22. The molecule has 1 saturated heterocycles. The van der Waals surface area contributed by atoms with Crippen LogP contribution < -0.4 is 10.6 Å². The van der Waals surface area contributed by atoms with Gasteiger partial charge >= 0.3 is 0 Å². The van der Waals surface area contributed by atoms with Gasteiger partial charge in [0.1, 0.15) is 12.7 Å². The largest absolute Gasteiger partial charge is 0.352 e. The molecule has 1 aliphatic heterocycles. The summed E-state index contributed by atoms with van der Waals surface area (Å²) in [6, 6.07) is 8.17. The lowest BCUT2D eigenvalue weighted by Crippen LogP contribution is -2.50. The first-order valence-corrected chi connectivity index (χ1v) is 6.70. The molecule has 2 heterocycles. The number of carbonyl (C=O) groups is 1. The zero-order valence-electron chi connectivity index (χ0n) is 11.1. The van der Waals surface area contributed by atoms with E-state index < -0.39 is 0 Å². The van der Waals surface area contributed by atoms with Gasteiger partial charge in [0.2, 0.25) is 5.91 Å². The second-order valence-electron chi connectivity index (χ2n) is 4.98. The van der Waals surface area contributed by atoms with Gasteiger partial charge in [0, 0.05) is 19.6 Å². The fourth-order valence-corrected chi connectivity index (χ4v) is 2.07. The molecule has 0 unspecified atom stereocenters. The summed E-state index contributed by atoms with van der Waals surface area (Å²) in [5, 5.41) is 10.1. The van der Waals surface area contributed by atoms with Gasteiger partial charge in [-0.1, -0.05) is 24.3 Å². The minimum atomic E-state index is 0.135. The number of rotatable bonds is 5. The molecule has 1 aromatic carbocycles. The predicted molar refractivity (Wildman–Crippen MR) is 73.8 cm³/mol. The maximum atomic E-state index is 11.7.